The molecule has 0 aliphatic rings. The SMILES string of the molecule is CC.CCC(C)(C)C.ONc1ccccc1.c1ccccc1. The highest BCUT2D eigenvalue weighted by molar-refractivity contribution is 5.39. The van der Waals surface area contributed by atoms with Crippen LogP contribution in [0.1, 0.15) is 48.0 Å². The van der Waals surface area contributed by atoms with Gasteiger partial charge in [-0.15, -0.1) is 0 Å². The molecule has 0 aromatic heterocycles. The summed E-state index contributed by atoms with van der Waals surface area (Å²) < 4.78 is 0. The van der Waals surface area contributed by atoms with Gasteiger partial charge >= 0.3 is 0 Å². The number of nitrogens with one attached hydrogen (secondary N) is 1. The van der Waals surface area contributed by atoms with Crippen LogP contribution in [0, 0.1) is 5.41 Å². The normalized spacial score (nSPS) is 8.86. The van der Waals surface area contributed by atoms with E-state index in [0.29, 0.717) is 11.1 Å². The Kier molecular flexibility index (Phi) is 15.9. The third-order valence-corrected chi connectivity index (χ3v) is 2.63. The van der Waals surface area contributed by atoms with Gasteiger partial charge in [0.2, 0.25) is 0 Å². The third kappa shape index (κ3) is 18.2. The van der Waals surface area contributed by atoms with E-state index < -0.39 is 0 Å². The van der Waals surface area contributed by atoms with Crippen molar-refractivity contribution in [2.75, 3.05) is 5.48 Å². The molecule has 2 N–H and O–H groups in total. The molecule has 2 nitrogen and oxygen atoms in total. The van der Waals surface area contributed by atoms with Gasteiger partial charge in [-0.3, -0.25) is 10.7 Å². The van der Waals surface area contributed by atoms with Gasteiger partial charge in [-0.1, -0.05) is 103 Å². The molecule has 0 amide bonds. The van der Waals surface area contributed by atoms with E-state index in [1.165, 1.54) is 6.42 Å². The third-order valence-electron chi connectivity index (χ3n) is 2.63. The first-order chi connectivity index (χ1) is 10.5. The summed E-state index contributed by atoms with van der Waals surface area (Å²) in [5.41, 5.74) is 3.28. The molecule has 0 aliphatic heterocycles. The van der Waals surface area contributed by atoms with E-state index in [2.05, 4.69) is 27.7 Å². The second-order valence-corrected chi connectivity index (χ2v) is 5.55. The van der Waals surface area contributed by atoms with E-state index >= 15 is 0 Å². The maximum absolute atomic E-state index is 8.29. The second-order valence-electron chi connectivity index (χ2n) is 5.55. The van der Waals surface area contributed by atoms with Gasteiger partial charge in [0, 0.05) is 0 Å². The van der Waals surface area contributed by atoms with Crippen molar-refractivity contribution < 1.29 is 5.21 Å². The van der Waals surface area contributed by atoms with Crippen LogP contribution in [0.25, 0.3) is 0 Å². The molecule has 0 fully saturated rings. The van der Waals surface area contributed by atoms with Crippen LogP contribution in [0.5, 0.6) is 0 Å². The van der Waals surface area contributed by atoms with Crippen molar-refractivity contribution >= 4 is 5.69 Å². The Morgan fingerprint density at radius 3 is 1.23 bits per heavy atom. The van der Waals surface area contributed by atoms with E-state index in [4.69, 9.17) is 5.21 Å². The predicted molar refractivity (Wildman–Crippen MR) is 99.4 cm³/mol. The van der Waals surface area contributed by atoms with E-state index in [1.807, 2.05) is 73.9 Å². The average Bonchev–Trinajstić information content (AvgIpc) is 2.59. The summed E-state index contributed by atoms with van der Waals surface area (Å²) in [4.78, 5) is 0. The summed E-state index contributed by atoms with van der Waals surface area (Å²) in [6, 6.07) is 21.1. The zero-order valence-corrected chi connectivity index (χ0v) is 15.0. The molecule has 0 bridgehead atoms. The summed E-state index contributed by atoms with van der Waals surface area (Å²) >= 11 is 0. The van der Waals surface area contributed by atoms with Crippen LogP contribution in [-0.2, 0) is 0 Å². The molecule has 2 rings (SSSR count). The standard InChI is InChI=1S/C6H7NO.C6H6.C6H14.C2H6/c8-7-6-4-2-1-3-5-6;1-2-4-6-5-3-1;1-5-6(2,3)4;1-2/h1-5,7-8H;1-6H;5H2,1-4H3;1-2H3. The Morgan fingerprint density at radius 2 is 1.05 bits per heavy atom. The number of para-hydroxylation sites is 1. The number of anilines is 1. The van der Waals surface area contributed by atoms with Gasteiger partial charge in [0.05, 0.1) is 5.69 Å². The first-order valence-corrected chi connectivity index (χ1v) is 7.94. The van der Waals surface area contributed by atoms with Crippen molar-refractivity contribution in [3.63, 3.8) is 0 Å². The van der Waals surface area contributed by atoms with Crippen molar-refractivity contribution in [1.82, 2.24) is 0 Å². The van der Waals surface area contributed by atoms with Crippen LogP contribution in [0.15, 0.2) is 66.7 Å². The molecule has 0 atom stereocenters. The molecule has 2 heteroatoms. The minimum Gasteiger partial charge on any atom is -0.291 e. The van der Waals surface area contributed by atoms with Crippen LogP contribution >= 0.6 is 0 Å². The second kappa shape index (κ2) is 15.6. The molecule has 0 radical (unpaired) electrons. The topological polar surface area (TPSA) is 32.3 Å². The number of hydrogen-bond acceptors (Lipinski definition) is 2. The molecule has 2 aromatic rings. The van der Waals surface area contributed by atoms with Crippen molar-refractivity contribution in [2.45, 2.75) is 48.0 Å². The molecular weight excluding hydrogens is 270 g/mol. The highest BCUT2D eigenvalue weighted by atomic mass is 16.5. The van der Waals surface area contributed by atoms with Crippen molar-refractivity contribution in [1.29, 1.82) is 0 Å². The first kappa shape index (κ1) is 22.5. The molecule has 0 aliphatic carbocycles. The molecule has 2 aromatic carbocycles. The zero-order valence-electron chi connectivity index (χ0n) is 15.0. The van der Waals surface area contributed by atoms with Gasteiger partial charge in [-0.2, -0.15) is 0 Å². The van der Waals surface area contributed by atoms with Gasteiger partial charge in [-0.25, -0.2) is 0 Å². The van der Waals surface area contributed by atoms with Crippen LogP contribution in [0.2, 0.25) is 0 Å². The van der Waals surface area contributed by atoms with Crippen LogP contribution in [-0.4, -0.2) is 5.21 Å². The summed E-state index contributed by atoms with van der Waals surface area (Å²) in [6.07, 6.45) is 1.27. The molecule has 124 valence electrons. The fraction of sp³-hybridized carbons (Fsp3) is 0.400. The Hall–Kier alpha value is -1.80. The minimum atomic E-state index is 0.542. The lowest BCUT2D eigenvalue weighted by Gasteiger charge is -2.12. The van der Waals surface area contributed by atoms with Crippen molar-refractivity contribution in [3.8, 4) is 0 Å². The average molecular weight is 303 g/mol. The lowest BCUT2D eigenvalue weighted by Crippen LogP contribution is -2.00. The van der Waals surface area contributed by atoms with Gasteiger partial charge in [0.1, 0.15) is 0 Å². The number of rotatable bonds is 1. The largest absolute Gasteiger partial charge is 0.291 e. The van der Waals surface area contributed by atoms with Crippen molar-refractivity contribution in [2.24, 2.45) is 5.41 Å². The van der Waals surface area contributed by atoms with Crippen LogP contribution in [0.3, 0.4) is 0 Å². The maximum Gasteiger partial charge on any atom is 0.0602 e. The molecule has 0 saturated carbocycles. The Bertz CT molecular complexity index is 380. The smallest absolute Gasteiger partial charge is 0.0602 e. The molecule has 0 heterocycles. The Balaban J connectivity index is 0. The lowest BCUT2D eigenvalue weighted by molar-refractivity contribution is 0.389. The number of benzene rings is 2. The molecule has 22 heavy (non-hydrogen) atoms. The molecular formula is C20H33NO. The maximum atomic E-state index is 8.29. The first-order valence-electron chi connectivity index (χ1n) is 7.94. The summed E-state index contributed by atoms with van der Waals surface area (Å²) in [6.45, 7) is 12.9. The van der Waals surface area contributed by atoms with E-state index in [0.717, 1.165) is 0 Å². The van der Waals surface area contributed by atoms with Crippen molar-refractivity contribution in [3.05, 3.63) is 66.7 Å². The van der Waals surface area contributed by atoms with Crippen LogP contribution in [0.4, 0.5) is 5.69 Å². The van der Waals surface area contributed by atoms with Gasteiger partial charge < -0.3 is 0 Å². The highest BCUT2D eigenvalue weighted by Gasteiger charge is 2.03. The van der Waals surface area contributed by atoms with E-state index in [1.54, 1.807) is 12.1 Å². The summed E-state index contributed by atoms with van der Waals surface area (Å²) in [5.74, 6) is 0. The van der Waals surface area contributed by atoms with Gasteiger partial charge in [0.25, 0.3) is 0 Å². The quantitative estimate of drug-likeness (QED) is 0.578. The predicted octanol–water partition coefficient (Wildman–Crippen LogP) is 6.64. The minimum absolute atomic E-state index is 0.542. The van der Waals surface area contributed by atoms with E-state index in [9.17, 15) is 0 Å². The molecule has 0 spiro atoms. The highest BCUT2D eigenvalue weighted by Crippen LogP contribution is 2.16. The number of hydrogen-bond donors (Lipinski definition) is 2. The zero-order chi connectivity index (χ0) is 17.3. The Labute approximate surface area is 137 Å². The van der Waals surface area contributed by atoms with Gasteiger partial charge in [-0.05, 0) is 17.5 Å². The fourth-order valence-corrected chi connectivity index (χ4v) is 0.898. The summed E-state index contributed by atoms with van der Waals surface area (Å²) in [5, 5.41) is 8.29. The van der Waals surface area contributed by atoms with E-state index in [-0.39, 0.29) is 0 Å². The lowest BCUT2D eigenvalue weighted by atomic mass is 9.94. The summed E-state index contributed by atoms with van der Waals surface area (Å²) in [7, 11) is 0. The Morgan fingerprint density at radius 1 is 0.773 bits per heavy atom. The van der Waals surface area contributed by atoms with Crippen LogP contribution < -0.4 is 5.48 Å². The fourth-order valence-electron chi connectivity index (χ4n) is 0.898. The monoisotopic (exact) mass is 303 g/mol. The molecule has 0 saturated heterocycles. The van der Waals surface area contributed by atoms with Gasteiger partial charge in [0.15, 0.2) is 0 Å². The molecule has 0 unspecified atom stereocenters.